The summed E-state index contributed by atoms with van der Waals surface area (Å²) in [5, 5.41) is 6.49. The molecule has 2 rings (SSSR count). The van der Waals surface area contributed by atoms with Gasteiger partial charge in [0.25, 0.3) is 0 Å². The SMILES string of the molecule is CCNC(=NCCOc1ccccc1)Nc1ccc(OCC)c(OC)c1.I. The largest absolute Gasteiger partial charge is 0.493 e. The predicted octanol–water partition coefficient (Wildman–Crippen LogP) is 4.17. The van der Waals surface area contributed by atoms with Crippen LogP contribution in [-0.4, -0.2) is 39.4 Å². The van der Waals surface area contributed by atoms with Crippen molar-refractivity contribution in [2.75, 3.05) is 38.7 Å². The first-order chi connectivity index (χ1) is 12.8. The van der Waals surface area contributed by atoms with Crippen LogP contribution in [0.1, 0.15) is 13.8 Å². The Labute approximate surface area is 178 Å². The molecule has 0 bridgehead atoms. The zero-order valence-electron chi connectivity index (χ0n) is 16.0. The van der Waals surface area contributed by atoms with Crippen LogP contribution < -0.4 is 24.8 Å². The summed E-state index contributed by atoms with van der Waals surface area (Å²) in [6.45, 7) is 6.37. The van der Waals surface area contributed by atoms with Crippen molar-refractivity contribution in [3.63, 3.8) is 0 Å². The highest BCUT2D eigenvalue weighted by atomic mass is 127. The number of benzene rings is 2. The number of aliphatic imine (C=N–C) groups is 1. The first-order valence-corrected chi connectivity index (χ1v) is 8.80. The van der Waals surface area contributed by atoms with Gasteiger partial charge in [0, 0.05) is 18.3 Å². The molecule has 7 heteroatoms. The van der Waals surface area contributed by atoms with E-state index in [1.807, 2.05) is 62.4 Å². The number of hydrogen-bond acceptors (Lipinski definition) is 4. The predicted molar refractivity (Wildman–Crippen MR) is 121 cm³/mol. The minimum absolute atomic E-state index is 0. The summed E-state index contributed by atoms with van der Waals surface area (Å²) in [4.78, 5) is 4.54. The van der Waals surface area contributed by atoms with Gasteiger partial charge in [-0.25, -0.2) is 4.99 Å². The molecule has 0 saturated carbocycles. The maximum Gasteiger partial charge on any atom is 0.195 e. The monoisotopic (exact) mass is 485 g/mol. The van der Waals surface area contributed by atoms with E-state index >= 15 is 0 Å². The van der Waals surface area contributed by atoms with Gasteiger partial charge in [-0.15, -0.1) is 24.0 Å². The van der Waals surface area contributed by atoms with Crippen LogP contribution in [0.3, 0.4) is 0 Å². The summed E-state index contributed by atoms with van der Waals surface area (Å²) in [6, 6.07) is 15.4. The van der Waals surface area contributed by atoms with Crippen molar-refractivity contribution in [3.8, 4) is 17.2 Å². The van der Waals surface area contributed by atoms with Crippen LogP contribution in [0.25, 0.3) is 0 Å². The Kier molecular flexibility index (Phi) is 11.1. The van der Waals surface area contributed by atoms with E-state index in [0.717, 1.165) is 23.7 Å². The number of anilines is 1. The lowest BCUT2D eigenvalue weighted by Crippen LogP contribution is -2.31. The second-order valence-electron chi connectivity index (χ2n) is 5.35. The Morgan fingerprint density at radius 3 is 2.44 bits per heavy atom. The van der Waals surface area contributed by atoms with Crippen molar-refractivity contribution < 1.29 is 14.2 Å². The van der Waals surface area contributed by atoms with Crippen molar-refractivity contribution in [2.45, 2.75) is 13.8 Å². The molecule has 0 amide bonds. The molecule has 0 aliphatic heterocycles. The highest BCUT2D eigenvalue weighted by Crippen LogP contribution is 2.30. The van der Waals surface area contributed by atoms with Gasteiger partial charge in [-0.2, -0.15) is 0 Å². The third kappa shape index (κ3) is 7.94. The summed E-state index contributed by atoms with van der Waals surface area (Å²) in [6.07, 6.45) is 0. The topological polar surface area (TPSA) is 64.1 Å². The van der Waals surface area contributed by atoms with E-state index in [-0.39, 0.29) is 24.0 Å². The van der Waals surface area contributed by atoms with Crippen LogP contribution in [-0.2, 0) is 0 Å². The number of nitrogens with one attached hydrogen (secondary N) is 2. The molecule has 0 fully saturated rings. The Morgan fingerprint density at radius 2 is 1.78 bits per heavy atom. The average Bonchev–Trinajstić information content (AvgIpc) is 2.67. The summed E-state index contributed by atoms with van der Waals surface area (Å²) < 4.78 is 16.6. The van der Waals surface area contributed by atoms with Gasteiger partial charge in [0.2, 0.25) is 0 Å². The molecule has 0 saturated heterocycles. The van der Waals surface area contributed by atoms with Gasteiger partial charge in [-0.1, -0.05) is 18.2 Å². The fourth-order valence-corrected chi connectivity index (χ4v) is 2.30. The first kappa shape index (κ1) is 22.9. The fraction of sp³-hybridized carbons (Fsp3) is 0.350. The lowest BCUT2D eigenvalue weighted by molar-refractivity contribution is 0.311. The van der Waals surface area contributed by atoms with Gasteiger partial charge in [0.05, 0.1) is 20.3 Å². The summed E-state index contributed by atoms with van der Waals surface area (Å²) in [5.74, 6) is 2.94. The highest BCUT2D eigenvalue weighted by Gasteiger charge is 2.06. The van der Waals surface area contributed by atoms with Gasteiger partial charge < -0.3 is 24.8 Å². The number of hydrogen-bond donors (Lipinski definition) is 2. The maximum absolute atomic E-state index is 5.66. The molecule has 148 valence electrons. The molecule has 2 aromatic rings. The summed E-state index contributed by atoms with van der Waals surface area (Å²) in [7, 11) is 1.63. The van der Waals surface area contributed by atoms with Crippen molar-refractivity contribution in [2.24, 2.45) is 4.99 Å². The number of rotatable bonds is 9. The molecule has 2 aromatic carbocycles. The minimum atomic E-state index is 0. The van der Waals surface area contributed by atoms with Crippen molar-refractivity contribution in [1.29, 1.82) is 0 Å². The number of para-hydroxylation sites is 1. The van der Waals surface area contributed by atoms with Gasteiger partial charge in [-0.05, 0) is 38.1 Å². The second kappa shape index (κ2) is 13.1. The molecule has 27 heavy (non-hydrogen) atoms. The molecular weight excluding hydrogens is 457 g/mol. The van der Waals surface area contributed by atoms with Crippen LogP contribution in [0.2, 0.25) is 0 Å². The van der Waals surface area contributed by atoms with Crippen LogP contribution in [0, 0.1) is 0 Å². The molecule has 0 spiro atoms. The van der Waals surface area contributed by atoms with Crippen LogP contribution in [0.15, 0.2) is 53.5 Å². The van der Waals surface area contributed by atoms with Gasteiger partial charge >= 0.3 is 0 Å². The van der Waals surface area contributed by atoms with Crippen LogP contribution in [0.4, 0.5) is 5.69 Å². The Bertz CT molecular complexity index is 696. The molecule has 2 N–H and O–H groups in total. The zero-order chi connectivity index (χ0) is 18.6. The highest BCUT2D eigenvalue weighted by molar-refractivity contribution is 14.0. The van der Waals surface area contributed by atoms with Crippen LogP contribution in [0.5, 0.6) is 17.2 Å². The van der Waals surface area contributed by atoms with E-state index in [2.05, 4.69) is 15.6 Å². The van der Waals surface area contributed by atoms with E-state index in [9.17, 15) is 0 Å². The smallest absolute Gasteiger partial charge is 0.195 e. The lowest BCUT2D eigenvalue weighted by Gasteiger charge is -2.14. The van der Waals surface area contributed by atoms with E-state index in [4.69, 9.17) is 14.2 Å². The number of nitrogens with zero attached hydrogens (tertiary/aromatic N) is 1. The quantitative estimate of drug-likeness (QED) is 0.242. The number of ether oxygens (including phenoxy) is 3. The molecule has 0 atom stereocenters. The molecule has 0 aliphatic rings. The van der Waals surface area contributed by atoms with Crippen LogP contribution >= 0.6 is 24.0 Å². The van der Waals surface area contributed by atoms with Gasteiger partial charge in [0.15, 0.2) is 17.5 Å². The normalized spacial score (nSPS) is 10.6. The average molecular weight is 485 g/mol. The van der Waals surface area contributed by atoms with Crippen molar-refractivity contribution >= 4 is 35.6 Å². The van der Waals surface area contributed by atoms with Gasteiger partial charge in [-0.3, -0.25) is 0 Å². The van der Waals surface area contributed by atoms with E-state index in [1.165, 1.54) is 0 Å². The molecular formula is C20H28IN3O3. The molecule has 0 aliphatic carbocycles. The molecule has 6 nitrogen and oxygen atoms in total. The number of halogens is 1. The van der Waals surface area contributed by atoms with Crippen molar-refractivity contribution in [3.05, 3.63) is 48.5 Å². The van der Waals surface area contributed by atoms with E-state index in [0.29, 0.717) is 31.5 Å². The van der Waals surface area contributed by atoms with E-state index in [1.54, 1.807) is 7.11 Å². The Morgan fingerprint density at radius 1 is 1.00 bits per heavy atom. The maximum atomic E-state index is 5.66. The lowest BCUT2D eigenvalue weighted by atomic mass is 10.2. The Hall–Kier alpha value is -2.16. The van der Waals surface area contributed by atoms with Gasteiger partial charge in [0.1, 0.15) is 12.4 Å². The second-order valence-corrected chi connectivity index (χ2v) is 5.35. The number of methoxy groups -OCH3 is 1. The third-order valence-electron chi connectivity index (χ3n) is 3.44. The van der Waals surface area contributed by atoms with E-state index < -0.39 is 0 Å². The minimum Gasteiger partial charge on any atom is -0.493 e. The standard InChI is InChI=1S/C20H27N3O3.HI/c1-4-21-20(22-13-14-26-17-9-7-6-8-10-17)23-16-11-12-18(25-5-2)19(15-16)24-3;/h6-12,15H,4-5,13-14H2,1-3H3,(H2,21,22,23);1H. The summed E-state index contributed by atoms with van der Waals surface area (Å²) in [5.41, 5.74) is 0.869. The number of guanidine groups is 1. The van der Waals surface area contributed by atoms with Crippen molar-refractivity contribution in [1.82, 2.24) is 5.32 Å². The molecule has 0 heterocycles. The molecule has 0 radical (unpaired) electrons. The molecule has 0 unspecified atom stereocenters. The fourth-order valence-electron chi connectivity index (χ4n) is 2.30. The summed E-state index contributed by atoms with van der Waals surface area (Å²) >= 11 is 0. The zero-order valence-corrected chi connectivity index (χ0v) is 18.4. The third-order valence-corrected chi connectivity index (χ3v) is 3.44. The molecule has 0 aromatic heterocycles. The first-order valence-electron chi connectivity index (χ1n) is 8.80. The Balaban J connectivity index is 0.00000364.